The normalized spacial score (nSPS) is 15.7. The van der Waals surface area contributed by atoms with E-state index >= 15 is 0 Å². The van der Waals surface area contributed by atoms with Crippen molar-refractivity contribution in [2.45, 2.75) is 32.0 Å². The summed E-state index contributed by atoms with van der Waals surface area (Å²) >= 11 is 0. The van der Waals surface area contributed by atoms with Gasteiger partial charge in [-0.05, 0) is 48.2 Å². The van der Waals surface area contributed by atoms with E-state index in [9.17, 15) is 9.59 Å². The standard InChI is InChI=1S/C21H25N3O4/c1-27-18-10-6-16(7-11-18)14-23-21(26)24-17-8-4-15(5-9-17)13-22-20(25)19-3-2-12-28-19/h4-11,19H,2-3,12-14H2,1H3,(H,22,25)(H2,23,24,26)/t19-/m1/s1. The van der Waals surface area contributed by atoms with Gasteiger partial charge in [0.25, 0.3) is 0 Å². The molecule has 1 atom stereocenters. The first kappa shape index (κ1) is 19.7. The minimum absolute atomic E-state index is 0.0717. The molecule has 0 aliphatic carbocycles. The number of hydrogen-bond donors (Lipinski definition) is 3. The molecule has 0 saturated carbocycles. The smallest absolute Gasteiger partial charge is 0.319 e. The summed E-state index contributed by atoms with van der Waals surface area (Å²) in [4.78, 5) is 24.0. The minimum atomic E-state index is -0.324. The molecule has 0 bridgehead atoms. The molecule has 148 valence electrons. The van der Waals surface area contributed by atoms with Crippen molar-refractivity contribution in [1.82, 2.24) is 10.6 Å². The van der Waals surface area contributed by atoms with Gasteiger partial charge >= 0.3 is 6.03 Å². The number of nitrogens with one attached hydrogen (secondary N) is 3. The Balaban J connectivity index is 1.41. The summed E-state index contributed by atoms with van der Waals surface area (Å²) in [6.45, 7) is 1.50. The third kappa shape index (κ3) is 5.72. The van der Waals surface area contributed by atoms with Crippen LogP contribution in [0.1, 0.15) is 24.0 Å². The van der Waals surface area contributed by atoms with Crippen molar-refractivity contribution >= 4 is 17.6 Å². The van der Waals surface area contributed by atoms with Gasteiger partial charge in [0.05, 0.1) is 7.11 Å². The third-order valence-electron chi connectivity index (χ3n) is 4.51. The van der Waals surface area contributed by atoms with Gasteiger partial charge in [-0.25, -0.2) is 4.79 Å². The summed E-state index contributed by atoms with van der Waals surface area (Å²) in [5, 5.41) is 8.47. The molecule has 1 saturated heterocycles. The average Bonchev–Trinajstić information content (AvgIpc) is 3.27. The predicted molar refractivity (Wildman–Crippen MR) is 106 cm³/mol. The first-order valence-corrected chi connectivity index (χ1v) is 9.30. The van der Waals surface area contributed by atoms with Crippen LogP contribution in [0, 0.1) is 0 Å². The highest BCUT2D eigenvalue weighted by Crippen LogP contribution is 2.14. The molecular formula is C21H25N3O4. The second kappa shape index (κ2) is 9.75. The van der Waals surface area contributed by atoms with Gasteiger partial charge in [-0.2, -0.15) is 0 Å². The minimum Gasteiger partial charge on any atom is -0.497 e. The topological polar surface area (TPSA) is 88.7 Å². The van der Waals surface area contributed by atoms with Crippen molar-refractivity contribution in [3.63, 3.8) is 0 Å². The molecule has 1 heterocycles. The first-order valence-electron chi connectivity index (χ1n) is 9.30. The van der Waals surface area contributed by atoms with Crippen LogP contribution in [0.2, 0.25) is 0 Å². The molecule has 3 rings (SSSR count). The fourth-order valence-corrected chi connectivity index (χ4v) is 2.89. The Morgan fingerprint density at radius 2 is 1.64 bits per heavy atom. The second-order valence-corrected chi connectivity index (χ2v) is 6.57. The number of amides is 3. The third-order valence-corrected chi connectivity index (χ3v) is 4.51. The Hall–Kier alpha value is -3.06. The van der Waals surface area contributed by atoms with Crippen molar-refractivity contribution < 1.29 is 19.1 Å². The number of benzene rings is 2. The van der Waals surface area contributed by atoms with Gasteiger partial charge < -0.3 is 25.4 Å². The van der Waals surface area contributed by atoms with Crippen LogP contribution in [-0.4, -0.2) is 31.8 Å². The molecular weight excluding hydrogens is 358 g/mol. The summed E-state index contributed by atoms with van der Waals surface area (Å²) in [7, 11) is 1.62. The summed E-state index contributed by atoms with van der Waals surface area (Å²) in [5.41, 5.74) is 2.62. The summed E-state index contributed by atoms with van der Waals surface area (Å²) in [5.74, 6) is 0.706. The van der Waals surface area contributed by atoms with Crippen LogP contribution in [0.4, 0.5) is 10.5 Å². The number of rotatable bonds is 7. The molecule has 1 aliphatic heterocycles. The predicted octanol–water partition coefficient (Wildman–Crippen LogP) is 2.81. The van der Waals surface area contributed by atoms with Crippen LogP contribution < -0.4 is 20.7 Å². The lowest BCUT2D eigenvalue weighted by atomic mass is 10.2. The first-order chi connectivity index (χ1) is 13.6. The molecule has 3 amide bonds. The van der Waals surface area contributed by atoms with Crippen LogP contribution in [-0.2, 0) is 22.6 Å². The molecule has 0 aromatic heterocycles. The van der Waals surface area contributed by atoms with E-state index in [1.54, 1.807) is 19.2 Å². The maximum absolute atomic E-state index is 12.0. The maximum Gasteiger partial charge on any atom is 0.319 e. The fourth-order valence-electron chi connectivity index (χ4n) is 2.89. The molecule has 1 aliphatic rings. The molecule has 3 N–H and O–H groups in total. The Labute approximate surface area is 164 Å². The molecule has 2 aromatic carbocycles. The van der Waals surface area contributed by atoms with Crippen molar-refractivity contribution in [1.29, 1.82) is 0 Å². The van der Waals surface area contributed by atoms with E-state index in [1.165, 1.54) is 0 Å². The van der Waals surface area contributed by atoms with Gasteiger partial charge in [-0.1, -0.05) is 24.3 Å². The van der Waals surface area contributed by atoms with Crippen molar-refractivity contribution in [3.05, 3.63) is 59.7 Å². The van der Waals surface area contributed by atoms with E-state index in [-0.39, 0.29) is 18.0 Å². The maximum atomic E-state index is 12.0. The van der Waals surface area contributed by atoms with Gasteiger partial charge in [0, 0.05) is 25.4 Å². The van der Waals surface area contributed by atoms with Crippen molar-refractivity contribution in [2.24, 2.45) is 0 Å². The summed E-state index contributed by atoms with van der Waals surface area (Å²) in [6, 6.07) is 14.6. The van der Waals surface area contributed by atoms with E-state index in [1.807, 2.05) is 36.4 Å². The molecule has 0 spiro atoms. The number of carbonyl (C=O) groups is 2. The average molecular weight is 383 g/mol. The molecule has 2 aromatic rings. The molecule has 0 unspecified atom stereocenters. The number of methoxy groups -OCH3 is 1. The second-order valence-electron chi connectivity index (χ2n) is 6.57. The largest absolute Gasteiger partial charge is 0.497 e. The highest BCUT2D eigenvalue weighted by Gasteiger charge is 2.22. The zero-order chi connectivity index (χ0) is 19.8. The molecule has 0 radical (unpaired) electrons. The Bertz CT molecular complexity index is 784. The van der Waals surface area contributed by atoms with Crippen LogP contribution in [0.3, 0.4) is 0 Å². The highest BCUT2D eigenvalue weighted by atomic mass is 16.5. The van der Waals surface area contributed by atoms with Gasteiger partial charge in [-0.3, -0.25) is 4.79 Å². The van der Waals surface area contributed by atoms with Gasteiger partial charge in [0.15, 0.2) is 0 Å². The fraction of sp³-hybridized carbons (Fsp3) is 0.333. The van der Waals surface area contributed by atoms with Crippen molar-refractivity contribution in [3.8, 4) is 5.75 Å². The van der Waals surface area contributed by atoms with Gasteiger partial charge in [-0.15, -0.1) is 0 Å². The zero-order valence-corrected chi connectivity index (χ0v) is 15.9. The Morgan fingerprint density at radius 3 is 2.25 bits per heavy atom. The number of urea groups is 1. The van der Waals surface area contributed by atoms with Crippen LogP contribution in [0.5, 0.6) is 5.75 Å². The number of hydrogen-bond acceptors (Lipinski definition) is 4. The van der Waals surface area contributed by atoms with Gasteiger partial charge in [0.1, 0.15) is 11.9 Å². The van der Waals surface area contributed by atoms with Crippen LogP contribution >= 0.6 is 0 Å². The molecule has 1 fully saturated rings. The Morgan fingerprint density at radius 1 is 1.00 bits per heavy atom. The lowest BCUT2D eigenvalue weighted by molar-refractivity contribution is -0.130. The number of carbonyl (C=O) groups excluding carboxylic acids is 2. The number of ether oxygens (including phenoxy) is 2. The lowest BCUT2D eigenvalue weighted by Crippen LogP contribution is -2.33. The van der Waals surface area contributed by atoms with Crippen molar-refractivity contribution in [2.75, 3.05) is 19.0 Å². The Kier molecular flexibility index (Phi) is 6.86. The highest BCUT2D eigenvalue weighted by molar-refractivity contribution is 5.89. The van der Waals surface area contributed by atoms with E-state index in [0.29, 0.717) is 25.4 Å². The number of anilines is 1. The SMILES string of the molecule is COc1ccc(CNC(=O)Nc2ccc(CNC(=O)[C@H]3CCCO3)cc2)cc1. The van der Waals surface area contributed by atoms with E-state index in [2.05, 4.69) is 16.0 Å². The molecule has 7 nitrogen and oxygen atoms in total. The van der Waals surface area contributed by atoms with Gasteiger partial charge in [0.2, 0.25) is 5.91 Å². The monoisotopic (exact) mass is 383 g/mol. The molecule has 28 heavy (non-hydrogen) atoms. The van der Waals surface area contributed by atoms with Crippen LogP contribution in [0.15, 0.2) is 48.5 Å². The summed E-state index contributed by atoms with van der Waals surface area (Å²) < 4.78 is 10.5. The molecule has 7 heteroatoms. The van der Waals surface area contributed by atoms with Crippen LogP contribution in [0.25, 0.3) is 0 Å². The lowest BCUT2D eigenvalue weighted by Gasteiger charge is -2.11. The zero-order valence-electron chi connectivity index (χ0n) is 15.9. The van der Waals surface area contributed by atoms with E-state index in [0.717, 1.165) is 29.7 Å². The summed E-state index contributed by atoms with van der Waals surface area (Å²) in [6.07, 6.45) is 1.38. The van der Waals surface area contributed by atoms with E-state index < -0.39 is 0 Å². The quantitative estimate of drug-likeness (QED) is 0.686. The van der Waals surface area contributed by atoms with E-state index in [4.69, 9.17) is 9.47 Å².